The molecule has 0 unspecified atom stereocenters. The van der Waals surface area contributed by atoms with E-state index in [1.54, 1.807) is 0 Å². The van der Waals surface area contributed by atoms with Crippen molar-refractivity contribution in [3.05, 3.63) is 27.4 Å². The van der Waals surface area contributed by atoms with Crippen molar-refractivity contribution in [2.45, 2.75) is 13.0 Å². The molecule has 3 N–H and O–H groups in total. The number of nitrogen functional groups attached to an aromatic ring is 1. The number of nitrogens with two attached hydrogens (primary N) is 1. The smallest absolute Gasteiger partial charge is 0.372 e. The number of alkyl halides is 2. The van der Waals surface area contributed by atoms with Gasteiger partial charge < -0.3 is 21.0 Å². The standard InChI is InChI=1S/C7H7F2N3O3/c8-6(9)3-1-4(10)5(2-13)11-7(3)12(14)15/h1,6,13H,2,10H2. The molecule has 1 aromatic heterocycles. The lowest BCUT2D eigenvalue weighted by molar-refractivity contribution is -0.391. The molecular weight excluding hydrogens is 212 g/mol. The van der Waals surface area contributed by atoms with E-state index in [0.717, 1.165) is 6.07 Å². The third kappa shape index (κ3) is 2.15. The van der Waals surface area contributed by atoms with E-state index in [4.69, 9.17) is 10.8 Å². The van der Waals surface area contributed by atoms with Crippen LogP contribution in [-0.2, 0) is 6.61 Å². The molecule has 8 heteroatoms. The fourth-order valence-corrected chi connectivity index (χ4v) is 1.01. The summed E-state index contributed by atoms with van der Waals surface area (Å²) in [5.41, 5.74) is 4.02. The van der Waals surface area contributed by atoms with Gasteiger partial charge in [0.2, 0.25) is 5.69 Å². The second-order valence-electron chi connectivity index (χ2n) is 2.65. The second-order valence-corrected chi connectivity index (χ2v) is 2.65. The Bertz CT molecular complexity index is 397. The van der Waals surface area contributed by atoms with Crippen LogP contribution in [0, 0.1) is 10.1 Å². The molecule has 0 aliphatic carbocycles. The molecule has 6 nitrogen and oxygen atoms in total. The van der Waals surface area contributed by atoms with E-state index in [1.807, 2.05) is 0 Å². The van der Waals surface area contributed by atoms with Crippen LogP contribution in [0.1, 0.15) is 17.7 Å². The Labute approximate surface area is 82.5 Å². The van der Waals surface area contributed by atoms with Crippen molar-refractivity contribution in [2.24, 2.45) is 0 Å². The summed E-state index contributed by atoms with van der Waals surface area (Å²) in [5.74, 6) is -0.983. The molecule has 0 saturated heterocycles. The minimum Gasteiger partial charge on any atom is -0.395 e. The summed E-state index contributed by atoms with van der Waals surface area (Å²) < 4.78 is 24.7. The zero-order valence-electron chi connectivity index (χ0n) is 7.35. The molecule has 0 aromatic carbocycles. The monoisotopic (exact) mass is 219 g/mol. The molecule has 1 heterocycles. The number of hydrogen-bond acceptors (Lipinski definition) is 5. The quantitative estimate of drug-likeness (QED) is 0.583. The van der Waals surface area contributed by atoms with Gasteiger partial charge in [-0.1, -0.05) is 0 Å². The number of rotatable bonds is 3. The molecule has 0 atom stereocenters. The van der Waals surface area contributed by atoms with Crippen LogP contribution in [-0.4, -0.2) is 15.0 Å². The van der Waals surface area contributed by atoms with Gasteiger partial charge in [0.05, 0.1) is 5.69 Å². The third-order valence-corrected chi connectivity index (χ3v) is 1.70. The predicted octanol–water partition coefficient (Wildman–Crippen LogP) is 1.00. The number of nitro groups is 1. The van der Waals surface area contributed by atoms with Gasteiger partial charge in [-0.05, 0) is 16.0 Å². The molecule has 15 heavy (non-hydrogen) atoms. The van der Waals surface area contributed by atoms with Gasteiger partial charge in [-0.15, -0.1) is 0 Å². The maximum atomic E-state index is 12.3. The molecule has 0 saturated carbocycles. The fraction of sp³-hybridized carbons (Fsp3) is 0.286. The summed E-state index contributed by atoms with van der Waals surface area (Å²) in [6.45, 7) is -0.643. The Morgan fingerprint density at radius 1 is 1.67 bits per heavy atom. The first-order chi connectivity index (χ1) is 6.97. The van der Waals surface area contributed by atoms with E-state index in [9.17, 15) is 18.9 Å². The first kappa shape index (κ1) is 11.2. The van der Waals surface area contributed by atoms with Crippen LogP contribution in [0.3, 0.4) is 0 Å². The first-order valence-corrected chi connectivity index (χ1v) is 3.80. The van der Waals surface area contributed by atoms with Gasteiger partial charge in [0.25, 0.3) is 6.43 Å². The predicted molar refractivity (Wildman–Crippen MR) is 46.2 cm³/mol. The highest BCUT2D eigenvalue weighted by Gasteiger charge is 2.26. The fourth-order valence-electron chi connectivity index (χ4n) is 1.01. The molecule has 0 aliphatic heterocycles. The van der Waals surface area contributed by atoms with Gasteiger partial charge in [-0.2, -0.15) is 0 Å². The van der Waals surface area contributed by atoms with E-state index in [2.05, 4.69) is 4.98 Å². The molecule has 1 rings (SSSR count). The summed E-state index contributed by atoms with van der Waals surface area (Å²) in [4.78, 5) is 12.6. The van der Waals surface area contributed by atoms with Crippen molar-refractivity contribution in [1.82, 2.24) is 4.98 Å². The minimum atomic E-state index is -3.03. The summed E-state index contributed by atoms with van der Waals surface area (Å²) in [6.07, 6.45) is -3.03. The van der Waals surface area contributed by atoms with Gasteiger partial charge in [-0.25, -0.2) is 8.78 Å². The molecule has 0 bridgehead atoms. The Hall–Kier alpha value is -1.83. The maximum Gasteiger partial charge on any atom is 0.372 e. The SMILES string of the molecule is Nc1cc(C(F)F)c([N+](=O)[O-])nc1CO. The van der Waals surface area contributed by atoms with Crippen molar-refractivity contribution >= 4 is 11.5 Å². The highest BCUT2D eigenvalue weighted by Crippen LogP contribution is 2.30. The van der Waals surface area contributed by atoms with Crippen LogP contribution in [0.25, 0.3) is 0 Å². The highest BCUT2D eigenvalue weighted by atomic mass is 19.3. The number of pyridine rings is 1. The van der Waals surface area contributed by atoms with E-state index in [-0.39, 0.29) is 11.4 Å². The lowest BCUT2D eigenvalue weighted by Gasteiger charge is -2.04. The van der Waals surface area contributed by atoms with E-state index in [0.29, 0.717) is 0 Å². The summed E-state index contributed by atoms with van der Waals surface area (Å²) in [5, 5.41) is 19.1. The topological polar surface area (TPSA) is 102 Å². The number of anilines is 1. The van der Waals surface area contributed by atoms with Gasteiger partial charge in [0, 0.05) is 0 Å². The van der Waals surface area contributed by atoms with Crippen molar-refractivity contribution in [2.75, 3.05) is 5.73 Å². The Kier molecular flexibility index (Phi) is 3.10. The molecule has 1 aromatic rings. The number of aromatic nitrogens is 1. The molecular formula is C7H7F2N3O3. The number of aliphatic hydroxyl groups excluding tert-OH is 1. The Morgan fingerprint density at radius 2 is 2.27 bits per heavy atom. The lowest BCUT2D eigenvalue weighted by Crippen LogP contribution is -2.06. The maximum absolute atomic E-state index is 12.3. The number of nitrogens with zero attached hydrogens (tertiary/aromatic N) is 2. The molecule has 0 aliphatic rings. The largest absolute Gasteiger partial charge is 0.395 e. The second kappa shape index (κ2) is 4.13. The van der Waals surface area contributed by atoms with E-state index < -0.39 is 29.3 Å². The zero-order valence-corrected chi connectivity index (χ0v) is 7.35. The third-order valence-electron chi connectivity index (χ3n) is 1.70. The van der Waals surface area contributed by atoms with Crippen LogP contribution < -0.4 is 5.73 Å². The van der Waals surface area contributed by atoms with Gasteiger partial charge in [-0.3, -0.25) is 0 Å². The van der Waals surface area contributed by atoms with Crippen molar-refractivity contribution < 1.29 is 18.8 Å². The van der Waals surface area contributed by atoms with E-state index >= 15 is 0 Å². The average Bonchev–Trinajstić information content (AvgIpc) is 2.16. The summed E-state index contributed by atoms with van der Waals surface area (Å²) >= 11 is 0. The Balaban J connectivity index is 3.39. The number of hydrogen-bond donors (Lipinski definition) is 2. The van der Waals surface area contributed by atoms with Gasteiger partial charge in [0.15, 0.2) is 0 Å². The molecule has 0 amide bonds. The molecule has 0 spiro atoms. The summed E-state index contributed by atoms with van der Waals surface area (Å²) in [6, 6.07) is 0.751. The van der Waals surface area contributed by atoms with Crippen LogP contribution >= 0.6 is 0 Å². The number of aliphatic hydroxyl groups is 1. The molecule has 82 valence electrons. The van der Waals surface area contributed by atoms with Crippen molar-refractivity contribution in [1.29, 1.82) is 0 Å². The molecule has 0 radical (unpaired) electrons. The lowest BCUT2D eigenvalue weighted by atomic mass is 10.2. The minimum absolute atomic E-state index is 0.189. The first-order valence-electron chi connectivity index (χ1n) is 3.80. The van der Waals surface area contributed by atoms with Crippen LogP contribution in [0.5, 0.6) is 0 Å². The van der Waals surface area contributed by atoms with Crippen LogP contribution in [0.15, 0.2) is 6.07 Å². The Morgan fingerprint density at radius 3 is 2.67 bits per heavy atom. The van der Waals surface area contributed by atoms with Gasteiger partial charge in [0.1, 0.15) is 12.2 Å². The van der Waals surface area contributed by atoms with Crippen LogP contribution in [0.4, 0.5) is 20.3 Å². The van der Waals surface area contributed by atoms with Gasteiger partial charge >= 0.3 is 5.82 Å². The number of halogens is 2. The molecule has 0 fully saturated rings. The highest BCUT2D eigenvalue weighted by molar-refractivity contribution is 5.51. The summed E-state index contributed by atoms with van der Waals surface area (Å²) in [7, 11) is 0. The van der Waals surface area contributed by atoms with Crippen LogP contribution in [0.2, 0.25) is 0 Å². The normalized spacial score (nSPS) is 10.7. The van der Waals surface area contributed by atoms with E-state index in [1.165, 1.54) is 0 Å². The zero-order chi connectivity index (χ0) is 11.6. The average molecular weight is 219 g/mol. The van der Waals surface area contributed by atoms with Crippen molar-refractivity contribution in [3.63, 3.8) is 0 Å². The van der Waals surface area contributed by atoms with Crippen molar-refractivity contribution in [3.8, 4) is 0 Å².